The van der Waals surface area contributed by atoms with Crippen LogP contribution < -0.4 is 5.73 Å². The number of carbonyl (C=O) groups is 1. The predicted molar refractivity (Wildman–Crippen MR) is 111 cm³/mol. The normalized spacial score (nSPS) is 17.9. The van der Waals surface area contributed by atoms with E-state index < -0.39 is 16.1 Å². The van der Waals surface area contributed by atoms with Crippen LogP contribution >= 0.6 is 12.4 Å². The molecule has 2 rings (SSSR count). The van der Waals surface area contributed by atoms with E-state index in [0.717, 1.165) is 18.4 Å². The number of piperazine rings is 1. The molecule has 1 aliphatic heterocycles. The van der Waals surface area contributed by atoms with Gasteiger partial charge in [0.15, 0.2) is 0 Å². The van der Waals surface area contributed by atoms with Gasteiger partial charge in [0.05, 0.1) is 10.9 Å². The zero-order chi connectivity index (χ0) is 19.3. The summed E-state index contributed by atoms with van der Waals surface area (Å²) in [6.07, 6.45) is 2.52. The number of sulfonamides is 1. The van der Waals surface area contributed by atoms with Crippen LogP contribution in [-0.4, -0.2) is 55.8 Å². The molecule has 8 heteroatoms. The van der Waals surface area contributed by atoms with Crippen LogP contribution in [0.25, 0.3) is 0 Å². The molecule has 1 aromatic rings. The molecule has 1 aliphatic rings. The molecule has 0 bridgehead atoms. The Morgan fingerprint density at radius 2 is 1.67 bits per heavy atom. The second-order valence-electron chi connectivity index (χ2n) is 7.00. The molecule has 1 amide bonds. The summed E-state index contributed by atoms with van der Waals surface area (Å²) in [5.74, 6) is 0.329. The van der Waals surface area contributed by atoms with Gasteiger partial charge >= 0.3 is 0 Å². The number of nitrogens with two attached hydrogens (primary N) is 1. The Balaban J connectivity index is 0.00000364. The molecule has 6 nitrogen and oxygen atoms in total. The molecule has 2 N–H and O–H groups in total. The lowest BCUT2D eigenvalue weighted by atomic mass is 9.99. The Morgan fingerprint density at radius 1 is 1.11 bits per heavy atom. The summed E-state index contributed by atoms with van der Waals surface area (Å²) >= 11 is 0. The van der Waals surface area contributed by atoms with Gasteiger partial charge in [0.2, 0.25) is 15.9 Å². The standard InChI is InChI=1S/C19H31N3O3S.ClH/c1-4-6-18(20)19(23)21-11-13-22(14-12-21)26(24,25)17-9-7-16(8-10-17)15(3)5-2;/h7-10,15,18H,4-6,11-14,20H2,1-3H3;1H. The van der Waals surface area contributed by atoms with Gasteiger partial charge < -0.3 is 10.6 Å². The minimum atomic E-state index is -3.53. The van der Waals surface area contributed by atoms with Gasteiger partial charge in [0.25, 0.3) is 0 Å². The molecule has 0 radical (unpaired) electrons. The fraction of sp³-hybridized carbons (Fsp3) is 0.632. The third-order valence-electron chi connectivity index (χ3n) is 5.17. The van der Waals surface area contributed by atoms with Crippen molar-refractivity contribution in [3.63, 3.8) is 0 Å². The van der Waals surface area contributed by atoms with E-state index in [-0.39, 0.29) is 18.3 Å². The molecule has 0 aromatic heterocycles. The van der Waals surface area contributed by atoms with Gasteiger partial charge in [-0.3, -0.25) is 4.79 Å². The Kier molecular flexibility index (Phi) is 9.21. The van der Waals surface area contributed by atoms with E-state index in [1.54, 1.807) is 17.0 Å². The lowest BCUT2D eigenvalue weighted by Gasteiger charge is -2.35. The first kappa shape index (κ1) is 23.9. The summed E-state index contributed by atoms with van der Waals surface area (Å²) in [5.41, 5.74) is 7.04. The first-order chi connectivity index (χ1) is 12.3. The number of rotatable bonds is 7. The zero-order valence-electron chi connectivity index (χ0n) is 16.4. The third-order valence-corrected chi connectivity index (χ3v) is 7.08. The van der Waals surface area contributed by atoms with Gasteiger partial charge in [-0.1, -0.05) is 39.3 Å². The summed E-state index contributed by atoms with van der Waals surface area (Å²) in [5, 5.41) is 0. The van der Waals surface area contributed by atoms with Gasteiger partial charge in [-0.25, -0.2) is 8.42 Å². The van der Waals surface area contributed by atoms with Crippen molar-refractivity contribution in [3.8, 4) is 0 Å². The van der Waals surface area contributed by atoms with E-state index in [1.165, 1.54) is 4.31 Å². The van der Waals surface area contributed by atoms with Crippen LogP contribution in [0.15, 0.2) is 29.2 Å². The van der Waals surface area contributed by atoms with Crippen LogP contribution in [-0.2, 0) is 14.8 Å². The number of carbonyl (C=O) groups excluding carboxylic acids is 1. The van der Waals surface area contributed by atoms with Crippen LogP contribution in [0, 0.1) is 0 Å². The summed E-state index contributed by atoms with van der Waals surface area (Å²) < 4.78 is 27.2. The fourth-order valence-electron chi connectivity index (χ4n) is 3.17. The predicted octanol–water partition coefficient (Wildman–Crippen LogP) is 2.58. The molecule has 0 saturated carbocycles. The van der Waals surface area contributed by atoms with Crippen molar-refractivity contribution in [2.75, 3.05) is 26.2 Å². The van der Waals surface area contributed by atoms with Crippen LogP contribution in [0.2, 0.25) is 0 Å². The van der Waals surface area contributed by atoms with Gasteiger partial charge in [-0.05, 0) is 36.5 Å². The van der Waals surface area contributed by atoms with Crippen LogP contribution in [0.4, 0.5) is 0 Å². The quantitative estimate of drug-likeness (QED) is 0.738. The highest BCUT2D eigenvalue weighted by Gasteiger charge is 2.31. The molecule has 1 heterocycles. The molecule has 0 aliphatic carbocycles. The smallest absolute Gasteiger partial charge is 0.243 e. The highest BCUT2D eigenvalue weighted by atomic mass is 35.5. The lowest BCUT2D eigenvalue weighted by Crippen LogP contribution is -2.54. The molecule has 1 aromatic carbocycles. The topological polar surface area (TPSA) is 83.7 Å². The van der Waals surface area contributed by atoms with Gasteiger partial charge in [0.1, 0.15) is 0 Å². The molecule has 1 fully saturated rings. The number of amides is 1. The van der Waals surface area contributed by atoms with Crippen molar-refractivity contribution >= 4 is 28.3 Å². The first-order valence-corrected chi connectivity index (χ1v) is 10.9. The maximum Gasteiger partial charge on any atom is 0.243 e. The van der Waals surface area contributed by atoms with Crippen molar-refractivity contribution in [1.29, 1.82) is 0 Å². The van der Waals surface area contributed by atoms with Crippen molar-refractivity contribution in [2.24, 2.45) is 5.73 Å². The van der Waals surface area contributed by atoms with Gasteiger partial charge in [-0.2, -0.15) is 4.31 Å². The highest BCUT2D eigenvalue weighted by Crippen LogP contribution is 2.23. The van der Waals surface area contributed by atoms with E-state index in [2.05, 4.69) is 13.8 Å². The van der Waals surface area contributed by atoms with Crippen molar-refractivity contribution in [1.82, 2.24) is 9.21 Å². The van der Waals surface area contributed by atoms with Crippen molar-refractivity contribution in [2.45, 2.75) is 56.9 Å². The monoisotopic (exact) mass is 417 g/mol. The summed E-state index contributed by atoms with van der Waals surface area (Å²) in [6.45, 7) is 7.62. The Bertz CT molecular complexity index is 701. The maximum absolute atomic E-state index is 12.8. The number of hydrogen-bond acceptors (Lipinski definition) is 4. The molecule has 1 saturated heterocycles. The largest absolute Gasteiger partial charge is 0.339 e. The number of halogens is 1. The molecule has 2 unspecified atom stereocenters. The van der Waals surface area contributed by atoms with Gasteiger partial charge in [0, 0.05) is 26.2 Å². The summed E-state index contributed by atoms with van der Waals surface area (Å²) in [6, 6.07) is 6.67. The molecular weight excluding hydrogens is 386 g/mol. The molecular formula is C19H32ClN3O3S. The van der Waals surface area contributed by atoms with Crippen molar-refractivity contribution in [3.05, 3.63) is 29.8 Å². The van der Waals surface area contributed by atoms with E-state index in [0.29, 0.717) is 43.4 Å². The SMILES string of the molecule is CCCC(N)C(=O)N1CCN(S(=O)(=O)c2ccc(C(C)CC)cc2)CC1.Cl. The second-order valence-corrected chi connectivity index (χ2v) is 8.94. The van der Waals surface area contributed by atoms with Crippen LogP contribution in [0.1, 0.15) is 51.5 Å². The minimum Gasteiger partial charge on any atom is -0.339 e. The second kappa shape index (κ2) is 10.4. The molecule has 27 heavy (non-hydrogen) atoms. The van der Waals surface area contributed by atoms with Crippen molar-refractivity contribution < 1.29 is 13.2 Å². The Labute approximate surface area is 169 Å². The third kappa shape index (κ3) is 5.67. The number of benzene rings is 1. The lowest BCUT2D eigenvalue weighted by molar-refractivity contribution is -0.133. The highest BCUT2D eigenvalue weighted by molar-refractivity contribution is 7.89. The summed E-state index contributed by atoms with van der Waals surface area (Å²) in [4.78, 5) is 14.3. The van der Waals surface area contributed by atoms with E-state index in [4.69, 9.17) is 5.73 Å². The van der Waals surface area contributed by atoms with E-state index >= 15 is 0 Å². The van der Waals surface area contributed by atoms with E-state index in [9.17, 15) is 13.2 Å². The maximum atomic E-state index is 12.8. The van der Waals surface area contributed by atoms with Crippen LogP contribution in [0.5, 0.6) is 0 Å². The molecule has 2 atom stereocenters. The number of nitrogens with zero attached hydrogens (tertiary/aromatic N) is 2. The average Bonchev–Trinajstić information content (AvgIpc) is 2.67. The Hall–Kier alpha value is -1.15. The minimum absolute atomic E-state index is 0. The number of hydrogen-bond donors (Lipinski definition) is 1. The fourth-order valence-corrected chi connectivity index (χ4v) is 4.59. The van der Waals surface area contributed by atoms with E-state index in [1.807, 2.05) is 19.1 Å². The average molecular weight is 418 g/mol. The first-order valence-electron chi connectivity index (χ1n) is 9.45. The summed E-state index contributed by atoms with van der Waals surface area (Å²) in [7, 11) is -3.53. The zero-order valence-corrected chi connectivity index (χ0v) is 18.1. The molecule has 154 valence electrons. The molecule has 0 spiro atoms. The van der Waals surface area contributed by atoms with Gasteiger partial charge in [-0.15, -0.1) is 12.4 Å². The Morgan fingerprint density at radius 3 is 2.15 bits per heavy atom. The van der Waals surface area contributed by atoms with Crippen LogP contribution in [0.3, 0.4) is 0 Å².